The van der Waals surface area contributed by atoms with Gasteiger partial charge in [-0.2, -0.15) is 0 Å². The molecule has 0 radical (unpaired) electrons. The van der Waals surface area contributed by atoms with Gasteiger partial charge in [0.1, 0.15) is 0 Å². The van der Waals surface area contributed by atoms with Crippen molar-refractivity contribution in [2.45, 2.75) is 13.2 Å². The van der Waals surface area contributed by atoms with E-state index >= 15 is 0 Å². The van der Waals surface area contributed by atoms with Gasteiger partial charge >= 0.3 is 0 Å². The molecule has 2 rings (SSSR count). The number of carbonyl (C=O) groups is 2. The molecule has 2 aromatic carbocycles. The van der Waals surface area contributed by atoms with E-state index in [0.717, 1.165) is 5.56 Å². The quantitative estimate of drug-likeness (QED) is 0.658. The van der Waals surface area contributed by atoms with E-state index in [-0.39, 0.29) is 0 Å². The number of rotatable bonds is 4. The monoisotopic (exact) mass is 269 g/mol. The zero-order chi connectivity index (χ0) is 14.5. The highest BCUT2D eigenvalue weighted by Gasteiger charge is 2.19. The lowest BCUT2D eigenvalue weighted by atomic mass is 10.1. The first-order valence-corrected chi connectivity index (χ1v) is 6.23. The second-order valence-electron chi connectivity index (χ2n) is 4.47. The second kappa shape index (κ2) is 6.12. The Morgan fingerprint density at radius 3 is 2.15 bits per heavy atom. The highest BCUT2D eigenvalue weighted by molar-refractivity contribution is 6.03. The second-order valence-corrected chi connectivity index (χ2v) is 4.47. The molecule has 1 amide bonds. The maximum absolute atomic E-state index is 11.9. The van der Waals surface area contributed by atoms with E-state index in [1.165, 1.54) is 0 Å². The maximum atomic E-state index is 11.9. The van der Waals surface area contributed by atoms with Gasteiger partial charge in [0.2, 0.25) is 5.78 Å². The normalized spacial score (nSPS) is 11.7. The van der Waals surface area contributed by atoms with Gasteiger partial charge in [-0.05, 0) is 19.1 Å². The van der Waals surface area contributed by atoms with Crippen molar-refractivity contribution in [1.29, 1.82) is 0 Å². The van der Waals surface area contributed by atoms with Crippen molar-refractivity contribution in [1.82, 2.24) is 5.32 Å². The smallest absolute Gasteiger partial charge is 0.253 e. The van der Waals surface area contributed by atoms with Crippen LogP contribution in [0.15, 0.2) is 54.6 Å². The number of amides is 1. The van der Waals surface area contributed by atoms with Crippen molar-refractivity contribution in [3.8, 4) is 0 Å². The fourth-order valence-corrected chi connectivity index (χ4v) is 1.74. The lowest BCUT2D eigenvalue weighted by molar-refractivity contribution is 0.0607. The molecule has 4 nitrogen and oxygen atoms in total. The van der Waals surface area contributed by atoms with Gasteiger partial charge in [0, 0.05) is 11.1 Å². The number of benzene rings is 2. The zero-order valence-corrected chi connectivity index (χ0v) is 11.0. The van der Waals surface area contributed by atoms with Crippen LogP contribution in [0.5, 0.6) is 0 Å². The molecule has 4 heteroatoms. The molecule has 0 saturated carbocycles. The van der Waals surface area contributed by atoms with Crippen LogP contribution in [-0.4, -0.2) is 23.0 Å². The Morgan fingerprint density at radius 2 is 1.55 bits per heavy atom. The summed E-state index contributed by atoms with van der Waals surface area (Å²) < 4.78 is 0. The molecule has 0 aromatic heterocycles. The molecule has 0 spiro atoms. The minimum absolute atomic E-state index is 0.351. The van der Waals surface area contributed by atoms with Crippen LogP contribution in [0.1, 0.15) is 26.3 Å². The van der Waals surface area contributed by atoms with E-state index in [1.54, 1.807) is 54.6 Å². The number of hydrogen-bond donors (Lipinski definition) is 2. The summed E-state index contributed by atoms with van der Waals surface area (Å²) in [7, 11) is 0. The first-order valence-electron chi connectivity index (χ1n) is 6.23. The van der Waals surface area contributed by atoms with Gasteiger partial charge in [-0.25, -0.2) is 0 Å². The molecule has 2 N–H and O–H groups in total. The number of aliphatic hydroxyl groups excluding tert-OH is 1. The number of aliphatic hydroxyl groups is 1. The Balaban J connectivity index is 2.04. The molecule has 1 atom stereocenters. The van der Waals surface area contributed by atoms with Crippen LogP contribution in [0.25, 0.3) is 0 Å². The van der Waals surface area contributed by atoms with E-state index in [4.69, 9.17) is 0 Å². The molecular weight excluding hydrogens is 254 g/mol. The van der Waals surface area contributed by atoms with E-state index in [1.807, 2.05) is 6.92 Å². The molecule has 0 saturated heterocycles. The van der Waals surface area contributed by atoms with Gasteiger partial charge < -0.3 is 10.4 Å². The number of carbonyl (C=O) groups excluding carboxylic acids is 2. The lowest BCUT2D eigenvalue weighted by Gasteiger charge is -2.12. The number of Topliss-reactive ketones (excluding diaryl/α,β-unsaturated/α-hetero) is 1. The topological polar surface area (TPSA) is 66.4 Å². The number of ketones is 1. The molecule has 0 bridgehead atoms. The van der Waals surface area contributed by atoms with Crippen LogP contribution < -0.4 is 5.32 Å². The number of aryl methyl sites for hydroxylation is 1. The predicted octanol–water partition coefficient (Wildman–Crippen LogP) is 1.93. The van der Waals surface area contributed by atoms with Gasteiger partial charge in [-0.15, -0.1) is 0 Å². The van der Waals surface area contributed by atoms with Crippen molar-refractivity contribution in [2.24, 2.45) is 0 Å². The summed E-state index contributed by atoms with van der Waals surface area (Å²) in [5.74, 6) is -1.02. The Morgan fingerprint density at radius 1 is 0.950 bits per heavy atom. The van der Waals surface area contributed by atoms with Crippen molar-refractivity contribution >= 4 is 11.7 Å². The Kier molecular flexibility index (Phi) is 4.27. The third-order valence-electron chi connectivity index (χ3n) is 2.89. The summed E-state index contributed by atoms with van der Waals surface area (Å²) >= 11 is 0. The van der Waals surface area contributed by atoms with E-state index in [2.05, 4.69) is 5.32 Å². The summed E-state index contributed by atoms with van der Waals surface area (Å²) in [4.78, 5) is 23.8. The first kappa shape index (κ1) is 14.0. The van der Waals surface area contributed by atoms with Crippen molar-refractivity contribution in [3.63, 3.8) is 0 Å². The number of nitrogens with one attached hydrogen (secondary N) is 1. The summed E-state index contributed by atoms with van der Waals surface area (Å²) in [5, 5.41) is 12.1. The largest absolute Gasteiger partial charge is 0.367 e. The lowest BCUT2D eigenvalue weighted by Crippen LogP contribution is -2.40. The van der Waals surface area contributed by atoms with Gasteiger partial charge in [-0.3, -0.25) is 9.59 Å². The molecular formula is C16H15NO3. The molecule has 0 aliphatic heterocycles. The Labute approximate surface area is 117 Å². The Bertz CT molecular complexity index is 605. The van der Waals surface area contributed by atoms with Crippen molar-refractivity contribution in [3.05, 3.63) is 71.3 Å². The highest BCUT2D eigenvalue weighted by Crippen LogP contribution is 2.05. The van der Waals surface area contributed by atoms with E-state index < -0.39 is 17.9 Å². The van der Waals surface area contributed by atoms with Crippen LogP contribution in [0.3, 0.4) is 0 Å². The maximum Gasteiger partial charge on any atom is 0.253 e. The summed E-state index contributed by atoms with van der Waals surface area (Å²) in [5.41, 5.74) is 1.78. The Hall–Kier alpha value is -2.46. The zero-order valence-electron chi connectivity index (χ0n) is 11.0. The van der Waals surface area contributed by atoms with Crippen LogP contribution in [-0.2, 0) is 0 Å². The van der Waals surface area contributed by atoms with Crippen LogP contribution in [0.4, 0.5) is 0 Å². The fourth-order valence-electron chi connectivity index (χ4n) is 1.74. The van der Waals surface area contributed by atoms with Gasteiger partial charge in [0.05, 0.1) is 0 Å². The van der Waals surface area contributed by atoms with Crippen molar-refractivity contribution in [2.75, 3.05) is 0 Å². The van der Waals surface area contributed by atoms with Crippen LogP contribution in [0, 0.1) is 6.92 Å². The molecule has 102 valence electrons. The van der Waals surface area contributed by atoms with Gasteiger partial charge in [-0.1, -0.05) is 48.0 Å². The average Bonchev–Trinajstić information content (AvgIpc) is 2.48. The molecule has 0 heterocycles. The molecule has 2 aromatic rings. The van der Waals surface area contributed by atoms with Crippen molar-refractivity contribution < 1.29 is 14.7 Å². The molecule has 0 aliphatic carbocycles. The third-order valence-corrected chi connectivity index (χ3v) is 2.89. The summed E-state index contributed by atoms with van der Waals surface area (Å²) in [6, 6.07) is 15.2. The SMILES string of the molecule is Cc1ccc(C(=O)N[C@H](O)C(=O)c2ccccc2)cc1. The minimum atomic E-state index is -1.55. The highest BCUT2D eigenvalue weighted by atomic mass is 16.3. The molecule has 0 unspecified atom stereocenters. The molecule has 20 heavy (non-hydrogen) atoms. The number of hydrogen-bond acceptors (Lipinski definition) is 3. The van der Waals surface area contributed by atoms with Crippen LogP contribution >= 0.6 is 0 Å². The predicted molar refractivity (Wildman–Crippen MR) is 75.4 cm³/mol. The fraction of sp³-hybridized carbons (Fsp3) is 0.125. The molecule has 0 fully saturated rings. The van der Waals surface area contributed by atoms with E-state index in [9.17, 15) is 14.7 Å². The van der Waals surface area contributed by atoms with Crippen LogP contribution in [0.2, 0.25) is 0 Å². The summed E-state index contributed by atoms with van der Waals surface area (Å²) in [6.07, 6.45) is -1.55. The average molecular weight is 269 g/mol. The molecule has 0 aliphatic rings. The van der Waals surface area contributed by atoms with Gasteiger partial charge in [0.25, 0.3) is 5.91 Å². The third kappa shape index (κ3) is 3.30. The summed E-state index contributed by atoms with van der Waals surface area (Å²) in [6.45, 7) is 1.91. The standard InChI is InChI=1S/C16H15NO3/c1-11-7-9-13(10-8-11)15(19)17-16(20)14(18)12-5-3-2-4-6-12/h2-10,16,20H,1H3,(H,17,19)/t16-/m1/s1. The minimum Gasteiger partial charge on any atom is -0.367 e. The first-order chi connectivity index (χ1) is 9.58. The van der Waals surface area contributed by atoms with E-state index in [0.29, 0.717) is 11.1 Å². The van der Waals surface area contributed by atoms with Gasteiger partial charge in [0.15, 0.2) is 6.23 Å².